The van der Waals surface area contributed by atoms with Crippen molar-refractivity contribution in [3.8, 4) is 5.75 Å². The third kappa shape index (κ3) is 4.48. The first kappa shape index (κ1) is 21.4. The summed E-state index contributed by atoms with van der Waals surface area (Å²) in [5.41, 5.74) is 4.03. The van der Waals surface area contributed by atoms with Crippen LogP contribution in [0, 0.1) is 10.1 Å². The minimum atomic E-state index is -0.786. The lowest BCUT2D eigenvalue weighted by Crippen LogP contribution is -2.48. The molecule has 3 rings (SSSR count). The standard InChI is InChI=1S/C18H13ClN4O5S2/c1-28-9-6-7-11-13(8-9)30-15(14(11)19)17(25)20-18(29)22-21-16(24)10-4-2-3-5-12(10)23(26)27/h2-8H,1H3,(H,21,24)(H2,20,22,25,29). The van der Waals surface area contributed by atoms with Gasteiger partial charge < -0.3 is 4.74 Å². The van der Waals surface area contributed by atoms with Gasteiger partial charge >= 0.3 is 0 Å². The molecule has 0 saturated heterocycles. The normalized spacial score (nSPS) is 10.3. The van der Waals surface area contributed by atoms with Gasteiger partial charge in [0.2, 0.25) is 0 Å². The predicted octanol–water partition coefficient (Wildman–Crippen LogP) is 3.42. The maximum Gasteiger partial charge on any atom is 0.282 e. The van der Waals surface area contributed by atoms with Crippen LogP contribution in [0.5, 0.6) is 5.75 Å². The molecule has 154 valence electrons. The van der Waals surface area contributed by atoms with Crippen LogP contribution in [0.4, 0.5) is 5.69 Å². The first-order chi connectivity index (χ1) is 14.3. The van der Waals surface area contributed by atoms with Crippen molar-refractivity contribution in [2.24, 2.45) is 0 Å². The number of methoxy groups -OCH3 is 1. The fourth-order valence-corrected chi connectivity index (χ4v) is 4.10. The summed E-state index contributed by atoms with van der Waals surface area (Å²) in [5.74, 6) is -0.731. The van der Waals surface area contributed by atoms with Crippen molar-refractivity contribution in [2.45, 2.75) is 0 Å². The Morgan fingerprint density at radius 1 is 1.17 bits per heavy atom. The van der Waals surface area contributed by atoms with E-state index >= 15 is 0 Å². The second-order valence-electron chi connectivity index (χ2n) is 5.74. The molecule has 1 heterocycles. The van der Waals surface area contributed by atoms with E-state index in [4.69, 9.17) is 28.6 Å². The number of halogens is 1. The molecule has 0 aliphatic heterocycles. The van der Waals surface area contributed by atoms with Crippen LogP contribution in [0.3, 0.4) is 0 Å². The molecule has 2 amide bonds. The summed E-state index contributed by atoms with van der Waals surface area (Å²) in [7, 11) is 1.53. The second-order valence-corrected chi connectivity index (χ2v) is 7.58. The van der Waals surface area contributed by atoms with E-state index in [0.29, 0.717) is 11.1 Å². The topological polar surface area (TPSA) is 123 Å². The lowest BCUT2D eigenvalue weighted by atomic mass is 10.2. The zero-order chi connectivity index (χ0) is 21.8. The van der Waals surface area contributed by atoms with Crippen LogP contribution in [0.1, 0.15) is 20.0 Å². The van der Waals surface area contributed by atoms with Crippen molar-refractivity contribution in [1.82, 2.24) is 16.2 Å². The van der Waals surface area contributed by atoms with E-state index in [1.807, 2.05) is 0 Å². The monoisotopic (exact) mass is 464 g/mol. The number of hydrogen-bond acceptors (Lipinski definition) is 7. The molecule has 0 fully saturated rings. The number of nitrogens with one attached hydrogen (secondary N) is 3. The maximum absolute atomic E-state index is 12.5. The van der Waals surface area contributed by atoms with Crippen LogP contribution in [0.25, 0.3) is 10.1 Å². The zero-order valence-corrected chi connectivity index (χ0v) is 17.6. The Bertz CT molecular complexity index is 1180. The van der Waals surface area contributed by atoms with Crippen molar-refractivity contribution < 1.29 is 19.2 Å². The Morgan fingerprint density at radius 3 is 2.60 bits per heavy atom. The van der Waals surface area contributed by atoms with Crippen LogP contribution in [-0.2, 0) is 0 Å². The van der Waals surface area contributed by atoms with Gasteiger partial charge in [-0.1, -0.05) is 23.7 Å². The first-order valence-corrected chi connectivity index (χ1v) is 9.83. The number of carbonyl (C=O) groups excluding carboxylic acids is 2. The summed E-state index contributed by atoms with van der Waals surface area (Å²) in [6.07, 6.45) is 0. The molecule has 2 aromatic carbocycles. The Morgan fingerprint density at radius 2 is 1.90 bits per heavy atom. The highest BCUT2D eigenvalue weighted by molar-refractivity contribution is 7.80. The molecule has 0 aliphatic carbocycles. The van der Waals surface area contributed by atoms with Gasteiger partial charge in [0.25, 0.3) is 17.5 Å². The summed E-state index contributed by atoms with van der Waals surface area (Å²) in [6.45, 7) is 0. The van der Waals surface area contributed by atoms with Crippen LogP contribution >= 0.6 is 35.2 Å². The molecule has 3 aromatic rings. The van der Waals surface area contributed by atoms with Gasteiger partial charge in [-0.15, -0.1) is 11.3 Å². The Labute approximate surface area is 184 Å². The second kappa shape index (κ2) is 9.03. The first-order valence-electron chi connectivity index (χ1n) is 8.23. The number of thiocarbonyl (C=S) groups is 1. The van der Waals surface area contributed by atoms with E-state index in [1.165, 1.54) is 31.4 Å². The van der Waals surface area contributed by atoms with Gasteiger partial charge in [0.05, 0.1) is 17.1 Å². The number of ether oxygens (including phenoxy) is 1. The minimum Gasteiger partial charge on any atom is -0.497 e. The molecule has 0 radical (unpaired) electrons. The molecule has 30 heavy (non-hydrogen) atoms. The molecule has 9 nitrogen and oxygen atoms in total. The minimum absolute atomic E-state index is 0.161. The molecular weight excluding hydrogens is 452 g/mol. The fraction of sp³-hybridized carbons (Fsp3) is 0.0556. The van der Waals surface area contributed by atoms with Gasteiger partial charge in [0, 0.05) is 16.2 Å². The number of nitro benzene ring substituents is 1. The van der Waals surface area contributed by atoms with Crippen LogP contribution in [0.15, 0.2) is 42.5 Å². The van der Waals surface area contributed by atoms with Crippen molar-refractivity contribution >= 4 is 67.9 Å². The molecule has 0 spiro atoms. The smallest absolute Gasteiger partial charge is 0.282 e. The summed E-state index contributed by atoms with van der Waals surface area (Å²) in [4.78, 5) is 35.3. The number of rotatable bonds is 4. The summed E-state index contributed by atoms with van der Waals surface area (Å²) in [5, 5.41) is 14.2. The number of benzene rings is 2. The average molecular weight is 465 g/mol. The van der Waals surface area contributed by atoms with Gasteiger partial charge in [-0.25, -0.2) is 0 Å². The number of hydrogen-bond donors (Lipinski definition) is 3. The summed E-state index contributed by atoms with van der Waals surface area (Å²) >= 11 is 12.4. The number of para-hydroxylation sites is 1. The third-order valence-corrected chi connectivity index (χ3v) is 5.76. The van der Waals surface area contributed by atoms with E-state index in [0.717, 1.165) is 16.0 Å². The average Bonchev–Trinajstić information content (AvgIpc) is 3.07. The molecule has 3 N–H and O–H groups in total. The van der Waals surface area contributed by atoms with Crippen molar-refractivity contribution in [3.05, 3.63) is 68.0 Å². The number of fused-ring (bicyclic) bond motifs is 1. The SMILES string of the molecule is COc1ccc2c(Cl)c(C(=O)NC(=S)NNC(=O)c3ccccc3[N+](=O)[O-])sc2c1. The lowest BCUT2D eigenvalue weighted by Gasteiger charge is -2.10. The molecule has 1 aromatic heterocycles. The number of nitrogens with zero attached hydrogens (tertiary/aromatic N) is 1. The van der Waals surface area contributed by atoms with Gasteiger partial charge in [0.15, 0.2) is 5.11 Å². The molecular formula is C18H13ClN4O5S2. The number of carbonyl (C=O) groups is 2. The van der Waals surface area contributed by atoms with Crippen LogP contribution < -0.4 is 20.9 Å². The van der Waals surface area contributed by atoms with Crippen molar-refractivity contribution in [2.75, 3.05) is 7.11 Å². The highest BCUT2D eigenvalue weighted by atomic mass is 35.5. The molecule has 0 atom stereocenters. The van der Waals surface area contributed by atoms with E-state index in [-0.39, 0.29) is 26.3 Å². The van der Waals surface area contributed by atoms with Gasteiger partial charge in [-0.05, 0) is 36.5 Å². The molecule has 12 heteroatoms. The van der Waals surface area contributed by atoms with E-state index in [1.54, 1.807) is 18.2 Å². The summed E-state index contributed by atoms with van der Waals surface area (Å²) in [6, 6.07) is 10.7. The van der Waals surface area contributed by atoms with E-state index in [9.17, 15) is 19.7 Å². The van der Waals surface area contributed by atoms with E-state index < -0.39 is 16.7 Å². The van der Waals surface area contributed by atoms with Gasteiger partial charge in [-0.3, -0.25) is 35.9 Å². The Hall–Kier alpha value is -3.28. The predicted molar refractivity (Wildman–Crippen MR) is 117 cm³/mol. The molecule has 0 bridgehead atoms. The Balaban J connectivity index is 1.66. The quantitative estimate of drug-likeness (QED) is 0.307. The van der Waals surface area contributed by atoms with Crippen molar-refractivity contribution in [1.29, 1.82) is 0 Å². The van der Waals surface area contributed by atoms with Crippen LogP contribution in [-0.4, -0.2) is 29.0 Å². The molecule has 0 saturated carbocycles. The number of amides is 2. The number of thiophene rings is 1. The lowest BCUT2D eigenvalue weighted by molar-refractivity contribution is -0.385. The summed E-state index contributed by atoms with van der Waals surface area (Å²) < 4.78 is 5.92. The number of nitro groups is 1. The third-order valence-electron chi connectivity index (χ3n) is 3.90. The highest BCUT2D eigenvalue weighted by Gasteiger charge is 2.21. The number of hydrazine groups is 1. The fourth-order valence-electron chi connectivity index (χ4n) is 2.52. The van der Waals surface area contributed by atoms with E-state index in [2.05, 4.69) is 16.2 Å². The largest absolute Gasteiger partial charge is 0.497 e. The van der Waals surface area contributed by atoms with Gasteiger partial charge in [-0.2, -0.15) is 0 Å². The zero-order valence-electron chi connectivity index (χ0n) is 15.2. The van der Waals surface area contributed by atoms with Gasteiger partial charge in [0.1, 0.15) is 16.2 Å². The maximum atomic E-state index is 12.5. The van der Waals surface area contributed by atoms with Crippen molar-refractivity contribution in [3.63, 3.8) is 0 Å². The van der Waals surface area contributed by atoms with Crippen LogP contribution in [0.2, 0.25) is 5.02 Å². The molecule has 0 aliphatic rings. The molecule has 0 unspecified atom stereocenters. The Kier molecular flexibility index (Phi) is 6.45. The highest BCUT2D eigenvalue weighted by Crippen LogP contribution is 2.37.